The van der Waals surface area contributed by atoms with E-state index < -0.39 is 11.9 Å². The molecule has 160 valence electrons. The quantitative estimate of drug-likeness (QED) is 0.709. The van der Waals surface area contributed by atoms with Crippen LogP contribution in [0.15, 0.2) is 77.4 Å². The fraction of sp³-hybridized carbons (Fsp3) is 0.280. The number of esters is 1. The standard InChI is InChI=1S/C25H25NO5/c1-2-29-25(28)23-21(22-19(27)12-7-13-20(22)31-24(23)26)17-10-6-11-18(14-17)30-15-16-8-4-3-5-9-16/h3-6,8-11,14,21H,2,7,12-13,15,26H2,1H3/t21-/m0/s1. The van der Waals surface area contributed by atoms with Gasteiger partial charge < -0.3 is 19.9 Å². The Balaban J connectivity index is 1.71. The van der Waals surface area contributed by atoms with Crippen LogP contribution in [0.2, 0.25) is 0 Å². The SMILES string of the molecule is CCOC(=O)C1=C(N)OC2=C(C(=O)CCC2)[C@@H]1c1cccc(OCc2ccccc2)c1. The van der Waals surface area contributed by atoms with Gasteiger partial charge in [0.25, 0.3) is 0 Å². The molecule has 2 aromatic rings. The third-order valence-electron chi connectivity index (χ3n) is 5.42. The van der Waals surface area contributed by atoms with Crippen molar-refractivity contribution < 1.29 is 23.8 Å². The smallest absolute Gasteiger partial charge is 0.340 e. The highest BCUT2D eigenvalue weighted by Gasteiger charge is 2.41. The van der Waals surface area contributed by atoms with Gasteiger partial charge in [-0.15, -0.1) is 0 Å². The summed E-state index contributed by atoms with van der Waals surface area (Å²) in [5.41, 5.74) is 8.58. The van der Waals surface area contributed by atoms with Crippen LogP contribution in [0.1, 0.15) is 43.2 Å². The van der Waals surface area contributed by atoms with E-state index in [0.717, 1.165) is 11.1 Å². The lowest BCUT2D eigenvalue weighted by atomic mass is 9.77. The number of nitrogens with two attached hydrogens (primary N) is 1. The van der Waals surface area contributed by atoms with Crippen molar-refractivity contribution in [1.29, 1.82) is 0 Å². The van der Waals surface area contributed by atoms with Gasteiger partial charge in [-0.25, -0.2) is 4.79 Å². The number of ketones is 1. The highest BCUT2D eigenvalue weighted by Crippen LogP contribution is 2.44. The van der Waals surface area contributed by atoms with E-state index in [1.165, 1.54) is 0 Å². The molecule has 0 saturated heterocycles. The number of carbonyl (C=O) groups excluding carboxylic acids is 2. The summed E-state index contributed by atoms with van der Waals surface area (Å²) in [7, 11) is 0. The van der Waals surface area contributed by atoms with Gasteiger partial charge in [-0.05, 0) is 36.6 Å². The number of carbonyl (C=O) groups is 2. The maximum absolute atomic E-state index is 12.9. The summed E-state index contributed by atoms with van der Waals surface area (Å²) in [6.45, 7) is 2.33. The summed E-state index contributed by atoms with van der Waals surface area (Å²) in [6, 6.07) is 17.2. The van der Waals surface area contributed by atoms with Crippen molar-refractivity contribution in [1.82, 2.24) is 0 Å². The summed E-state index contributed by atoms with van der Waals surface area (Å²) in [4.78, 5) is 25.6. The fourth-order valence-corrected chi connectivity index (χ4v) is 4.02. The number of hydrogen-bond acceptors (Lipinski definition) is 6. The van der Waals surface area contributed by atoms with Gasteiger partial charge in [0.15, 0.2) is 5.78 Å². The summed E-state index contributed by atoms with van der Waals surface area (Å²) in [5.74, 6) is -0.0764. The molecular formula is C25H25NO5. The van der Waals surface area contributed by atoms with Crippen LogP contribution in [0.4, 0.5) is 0 Å². The van der Waals surface area contributed by atoms with Crippen molar-refractivity contribution in [2.24, 2.45) is 5.73 Å². The minimum Gasteiger partial charge on any atom is -0.489 e. The Morgan fingerprint density at radius 2 is 1.94 bits per heavy atom. The van der Waals surface area contributed by atoms with Gasteiger partial charge in [-0.2, -0.15) is 0 Å². The van der Waals surface area contributed by atoms with Crippen LogP contribution < -0.4 is 10.5 Å². The van der Waals surface area contributed by atoms with E-state index in [9.17, 15) is 9.59 Å². The van der Waals surface area contributed by atoms with E-state index >= 15 is 0 Å². The molecule has 0 aromatic heterocycles. The Labute approximate surface area is 181 Å². The van der Waals surface area contributed by atoms with E-state index in [2.05, 4.69) is 0 Å². The average molecular weight is 419 g/mol. The molecule has 0 saturated carbocycles. The average Bonchev–Trinajstić information content (AvgIpc) is 2.78. The van der Waals surface area contributed by atoms with Gasteiger partial charge in [0.05, 0.1) is 12.5 Å². The van der Waals surface area contributed by atoms with Crippen molar-refractivity contribution in [2.75, 3.05) is 6.61 Å². The number of hydrogen-bond donors (Lipinski definition) is 1. The molecule has 2 aromatic carbocycles. The zero-order chi connectivity index (χ0) is 21.8. The molecule has 1 aliphatic heterocycles. The first kappa shape index (κ1) is 20.7. The molecule has 1 aliphatic carbocycles. The van der Waals surface area contributed by atoms with Crippen molar-refractivity contribution in [2.45, 2.75) is 38.7 Å². The highest BCUT2D eigenvalue weighted by atomic mass is 16.5. The zero-order valence-corrected chi connectivity index (χ0v) is 17.4. The molecule has 0 bridgehead atoms. The van der Waals surface area contributed by atoms with Crippen LogP contribution in [0.5, 0.6) is 5.75 Å². The van der Waals surface area contributed by atoms with Gasteiger partial charge in [0.2, 0.25) is 5.88 Å². The van der Waals surface area contributed by atoms with Gasteiger partial charge in [-0.3, -0.25) is 4.79 Å². The number of allylic oxidation sites excluding steroid dienone is 2. The maximum atomic E-state index is 12.9. The minimum atomic E-state index is -0.643. The monoisotopic (exact) mass is 419 g/mol. The lowest BCUT2D eigenvalue weighted by molar-refractivity contribution is -0.139. The second-order valence-electron chi connectivity index (χ2n) is 7.49. The predicted octanol–water partition coefficient (Wildman–Crippen LogP) is 4.12. The first-order chi connectivity index (χ1) is 15.1. The van der Waals surface area contributed by atoms with Gasteiger partial charge in [0, 0.05) is 18.4 Å². The number of rotatable bonds is 6. The zero-order valence-electron chi connectivity index (χ0n) is 17.4. The molecule has 0 radical (unpaired) electrons. The molecule has 31 heavy (non-hydrogen) atoms. The first-order valence-corrected chi connectivity index (χ1v) is 10.5. The Bertz CT molecular complexity index is 1050. The molecule has 0 amide bonds. The third kappa shape index (κ3) is 4.33. The lowest BCUT2D eigenvalue weighted by Gasteiger charge is -2.32. The van der Waals surface area contributed by atoms with Crippen LogP contribution in [0, 0.1) is 0 Å². The summed E-state index contributed by atoms with van der Waals surface area (Å²) in [5, 5.41) is 0. The van der Waals surface area contributed by atoms with Gasteiger partial charge in [-0.1, -0.05) is 42.5 Å². The summed E-state index contributed by atoms with van der Waals surface area (Å²) in [6.07, 6.45) is 1.73. The Hall–Kier alpha value is -3.54. The molecule has 2 N–H and O–H groups in total. The van der Waals surface area contributed by atoms with Crippen molar-refractivity contribution in [3.05, 3.63) is 88.5 Å². The topological polar surface area (TPSA) is 87.9 Å². The van der Waals surface area contributed by atoms with Crippen molar-refractivity contribution in [3.63, 3.8) is 0 Å². The van der Waals surface area contributed by atoms with Crippen LogP contribution in [0.25, 0.3) is 0 Å². The van der Waals surface area contributed by atoms with Crippen molar-refractivity contribution in [3.8, 4) is 5.75 Å². The van der Waals surface area contributed by atoms with E-state index in [1.54, 1.807) is 6.92 Å². The Morgan fingerprint density at radius 3 is 2.71 bits per heavy atom. The van der Waals surface area contributed by atoms with Crippen LogP contribution >= 0.6 is 0 Å². The molecule has 1 atom stereocenters. The number of ether oxygens (including phenoxy) is 3. The summed E-state index contributed by atoms with van der Waals surface area (Å²) >= 11 is 0. The first-order valence-electron chi connectivity index (χ1n) is 10.5. The van der Waals surface area contributed by atoms with E-state index in [4.69, 9.17) is 19.9 Å². The van der Waals surface area contributed by atoms with Crippen LogP contribution in [-0.2, 0) is 25.7 Å². The van der Waals surface area contributed by atoms with Crippen molar-refractivity contribution >= 4 is 11.8 Å². The second kappa shape index (κ2) is 9.08. The summed E-state index contributed by atoms with van der Waals surface area (Å²) < 4.78 is 16.9. The Kier molecular flexibility index (Phi) is 6.07. The van der Waals surface area contributed by atoms with E-state index in [-0.39, 0.29) is 23.8 Å². The molecule has 0 unspecified atom stereocenters. The maximum Gasteiger partial charge on any atom is 0.340 e. The van der Waals surface area contributed by atoms with Crippen LogP contribution in [0.3, 0.4) is 0 Å². The molecule has 0 fully saturated rings. The van der Waals surface area contributed by atoms with Crippen LogP contribution in [-0.4, -0.2) is 18.4 Å². The largest absolute Gasteiger partial charge is 0.489 e. The number of benzene rings is 2. The van der Waals surface area contributed by atoms with E-state index in [0.29, 0.717) is 43.0 Å². The molecule has 4 rings (SSSR count). The van der Waals surface area contributed by atoms with Gasteiger partial charge in [0.1, 0.15) is 23.7 Å². The molecular weight excluding hydrogens is 394 g/mol. The predicted molar refractivity (Wildman–Crippen MR) is 115 cm³/mol. The molecule has 6 nitrogen and oxygen atoms in total. The second-order valence-corrected chi connectivity index (χ2v) is 7.49. The van der Waals surface area contributed by atoms with E-state index in [1.807, 2.05) is 54.6 Å². The minimum absolute atomic E-state index is 0.00694. The lowest BCUT2D eigenvalue weighted by Crippen LogP contribution is -2.31. The fourth-order valence-electron chi connectivity index (χ4n) is 4.02. The normalized spacial score (nSPS) is 18.4. The molecule has 6 heteroatoms. The molecule has 0 spiro atoms. The molecule has 1 heterocycles. The number of Topliss-reactive ketones (excluding diaryl/α,β-unsaturated/α-hetero) is 1. The van der Waals surface area contributed by atoms with Gasteiger partial charge >= 0.3 is 5.97 Å². The third-order valence-corrected chi connectivity index (χ3v) is 5.42. The highest BCUT2D eigenvalue weighted by molar-refractivity contribution is 6.03. The Morgan fingerprint density at radius 1 is 1.13 bits per heavy atom. The molecule has 2 aliphatic rings.